The Morgan fingerprint density at radius 1 is 0.931 bits per heavy atom. The number of carbonyl (C=O) groups excluding carboxylic acids is 2. The Kier molecular flexibility index (Phi) is 7.00. The summed E-state index contributed by atoms with van der Waals surface area (Å²) in [7, 11) is -3.78. The van der Waals surface area contributed by atoms with Gasteiger partial charge in [-0.2, -0.15) is 0 Å². The second-order valence-corrected chi connectivity index (χ2v) is 8.96. The molecule has 8 heteroatoms. The normalized spacial score (nSPS) is 14.5. The third kappa shape index (κ3) is 6.13. The molecule has 2 aromatic rings. The molecule has 29 heavy (non-hydrogen) atoms. The molecule has 1 saturated carbocycles. The third-order valence-electron chi connectivity index (χ3n) is 4.98. The Morgan fingerprint density at radius 2 is 1.66 bits per heavy atom. The fourth-order valence-corrected chi connectivity index (χ4v) is 4.45. The Hall–Kier alpha value is -2.71. The number of hydrogen-bond donors (Lipinski definition) is 3. The second kappa shape index (κ2) is 9.67. The molecule has 1 aliphatic rings. The van der Waals surface area contributed by atoms with Crippen molar-refractivity contribution >= 4 is 21.8 Å². The van der Waals surface area contributed by atoms with Crippen molar-refractivity contribution in [2.75, 3.05) is 0 Å². The molecular weight excluding hydrogens is 390 g/mol. The van der Waals surface area contributed by atoms with E-state index in [0.717, 1.165) is 31.2 Å². The highest BCUT2D eigenvalue weighted by atomic mass is 32.2. The van der Waals surface area contributed by atoms with Crippen LogP contribution < -0.4 is 15.6 Å². The monoisotopic (exact) mass is 415 g/mol. The lowest BCUT2D eigenvalue weighted by molar-refractivity contribution is -0.122. The zero-order valence-electron chi connectivity index (χ0n) is 16.1. The van der Waals surface area contributed by atoms with Crippen molar-refractivity contribution in [2.45, 2.75) is 43.5 Å². The van der Waals surface area contributed by atoms with E-state index in [1.807, 2.05) is 30.3 Å². The molecule has 0 spiro atoms. The number of amides is 2. The molecule has 1 fully saturated rings. The zero-order chi connectivity index (χ0) is 20.7. The number of sulfonamides is 1. The number of carbonyl (C=O) groups is 2. The van der Waals surface area contributed by atoms with E-state index in [1.54, 1.807) is 0 Å². The molecule has 7 nitrogen and oxygen atoms in total. The predicted octanol–water partition coefficient (Wildman–Crippen LogP) is 2.51. The van der Waals surface area contributed by atoms with Crippen molar-refractivity contribution in [2.24, 2.45) is 5.92 Å². The summed E-state index contributed by atoms with van der Waals surface area (Å²) in [5, 5.41) is 0. The van der Waals surface area contributed by atoms with Crippen LogP contribution in [-0.2, 0) is 21.4 Å². The Morgan fingerprint density at radius 3 is 2.38 bits per heavy atom. The SMILES string of the molecule is O=C(CC1CCCC1)NNC(=O)c1cccc(S(=O)(=O)NCc2ccccc2)c1. The molecule has 0 radical (unpaired) electrons. The van der Waals surface area contributed by atoms with E-state index in [-0.39, 0.29) is 22.9 Å². The van der Waals surface area contributed by atoms with Crippen LogP contribution in [0.4, 0.5) is 0 Å². The first-order chi connectivity index (χ1) is 13.9. The smallest absolute Gasteiger partial charge is 0.269 e. The quantitative estimate of drug-likeness (QED) is 0.604. The molecule has 0 heterocycles. The fourth-order valence-electron chi connectivity index (χ4n) is 3.39. The zero-order valence-corrected chi connectivity index (χ0v) is 16.9. The molecule has 0 saturated heterocycles. The van der Waals surface area contributed by atoms with Gasteiger partial charge in [-0.1, -0.05) is 49.2 Å². The van der Waals surface area contributed by atoms with Gasteiger partial charge in [-0.15, -0.1) is 0 Å². The van der Waals surface area contributed by atoms with E-state index < -0.39 is 15.9 Å². The molecule has 1 aliphatic carbocycles. The van der Waals surface area contributed by atoms with Crippen LogP contribution in [-0.4, -0.2) is 20.2 Å². The minimum absolute atomic E-state index is 0.0154. The summed E-state index contributed by atoms with van der Waals surface area (Å²) in [6.07, 6.45) is 4.75. The van der Waals surface area contributed by atoms with Gasteiger partial charge in [0.2, 0.25) is 15.9 Å². The average Bonchev–Trinajstić information content (AvgIpc) is 3.24. The number of nitrogens with one attached hydrogen (secondary N) is 3. The molecule has 2 aromatic carbocycles. The first-order valence-electron chi connectivity index (χ1n) is 9.67. The first kappa shape index (κ1) is 21.0. The lowest BCUT2D eigenvalue weighted by atomic mass is 10.0. The van der Waals surface area contributed by atoms with E-state index in [0.29, 0.717) is 12.3 Å². The first-order valence-corrected chi connectivity index (χ1v) is 11.2. The van der Waals surface area contributed by atoms with E-state index >= 15 is 0 Å². The van der Waals surface area contributed by atoms with E-state index in [4.69, 9.17) is 0 Å². The molecule has 0 aromatic heterocycles. The standard InChI is InChI=1S/C21H25N3O4S/c25-20(13-16-7-4-5-8-16)23-24-21(26)18-11-6-12-19(14-18)29(27,28)22-15-17-9-2-1-3-10-17/h1-3,6,9-12,14,16,22H,4-5,7-8,13,15H2,(H,23,25)(H,24,26). The molecule has 3 N–H and O–H groups in total. The second-order valence-electron chi connectivity index (χ2n) is 7.19. The van der Waals surface area contributed by atoms with Gasteiger partial charge in [-0.3, -0.25) is 20.4 Å². The van der Waals surface area contributed by atoms with Gasteiger partial charge in [0.05, 0.1) is 4.90 Å². The maximum atomic E-state index is 12.5. The highest BCUT2D eigenvalue weighted by Gasteiger charge is 2.19. The van der Waals surface area contributed by atoms with Crippen LogP contribution in [0.25, 0.3) is 0 Å². The Labute approximate surface area is 170 Å². The summed E-state index contributed by atoms with van der Waals surface area (Å²) in [6.45, 7) is 0.150. The summed E-state index contributed by atoms with van der Waals surface area (Å²) >= 11 is 0. The minimum Gasteiger partial charge on any atom is -0.273 e. The van der Waals surface area contributed by atoms with Gasteiger partial charge < -0.3 is 0 Å². The number of rotatable bonds is 7. The molecule has 0 unspecified atom stereocenters. The molecule has 2 amide bonds. The topological polar surface area (TPSA) is 104 Å². The number of hydrazine groups is 1. The molecule has 154 valence electrons. The van der Waals surface area contributed by atoms with Gasteiger partial charge in [-0.05, 0) is 42.5 Å². The highest BCUT2D eigenvalue weighted by Crippen LogP contribution is 2.27. The molecule has 0 aliphatic heterocycles. The van der Waals surface area contributed by atoms with Crippen molar-refractivity contribution in [1.29, 1.82) is 0 Å². The number of hydrogen-bond acceptors (Lipinski definition) is 4. The summed E-state index contributed by atoms with van der Waals surface area (Å²) in [5.41, 5.74) is 5.74. The van der Waals surface area contributed by atoms with Gasteiger partial charge in [0, 0.05) is 18.5 Å². The van der Waals surface area contributed by atoms with Crippen molar-refractivity contribution in [3.05, 3.63) is 65.7 Å². The Balaban J connectivity index is 1.57. The van der Waals surface area contributed by atoms with Crippen LogP contribution in [0, 0.1) is 5.92 Å². The molecule has 0 atom stereocenters. The van der Waals surface area contributed by atoms with Gasteiger partial charge in [0.15, 0.2) is 0 Å². The highest BCUT2D eigenvalue weighted by molar-refractivity contribution is 7.89. The van der Waals surface area contributed by atoms with E-state index in [9.17, 15) is 18.0 Å². The van der Waals surface area contributed by atoms with E-state index in [1.165, 1.54) is 24.3 Å². The Bertz CT molecular complexity index is 955. The maximum Gasteiger partial charge on any atom is 0.269 e. The van der Waals surface area contributed by atoms with Gasteiger partial charge >= 0.3 is 0 Å². The van der Waals surface area contributed by atoms with Crippen LogP contribution in [0.15, 0.2) is 59.5 Å². The summed E-state index contributed by atoms with van der Waals surface area (Å²) in [5.74, 6) is -0.431. The van der Waals surface area contributed by atoms with E-state index in [2.05, 4.69) is 15.6 Å². The van der Waals surface area contributed by atoms with Gasteiger partial charge in [0.25, 0.3) is 5.91 Å². The molecular formula is C21H25N3O4S. The van der Waals surface area contributed by atoms with Crippen molar-refractivity contribution in [1.82, 2.24) is 15.6 Å². The van der Waals surface area contributed by atoms with Crippen LogP contribution in [0.2, 0.25) is 0 Å². The van der Waals surface area contributed by atoms with Crippen molar-refractivity contribution in [3.63, 3.8) is 0 Å². The molecule has 3 rings (SSSR count). The van der Waals surface area contributed by atoms with Crippen LogP contribution in [0.5, 0.6) is 0 Å². The summed E-state index contributed by atoms with van der Waals surface area (Å²) in [4.78, 5) is 24.2. The maximum absolute atomic E-state index is 12.5. The fraction of sp³-hybridized carbons (Fsp3) is 0.333. The summed E-state index contributed by atoms with van der Waals surface area (Å²) in [6, 6.07) is 14.8. The molecule has 0 bridgehead atoms. The van der Waals surface area contributed by atoms with Crippen molar-refractivity contribution < 1.29 is 18.0 Å². The van der Waals surface area contributed by atoms with Crippen LogP contribution in [0.3, 0.4) is 0 Å². The van der Waals surface area contributed by atoms with Crippen molar-refractivity contribution in [3.8, 4) is 0 Å². The predicted molar refractivity (Wildman–Crippen MR) is 109 cm³/mol. The minimum atomic E-state index is -3.78. The average molecular weight is 416 g/mol. The van der Waals surface area contributed by atoms with Gasteiger partial charge in [0.1, 0.15) is 0 Å². The van der Waals surface area contributed by atoms with Crippen LogP contribution >= 0.6 is 0 Å². The van der Waals surface area contributed by atoms with Gasteiger partial charge in [-0.25, -0.2) is 13.1 Å². The number of benzene rings is 2. The third-order valence-corrected chi connectivity index (χ3v) is 6.38. The lowest BCUT2D eigenvalue weighted by Gasteiger charge is -2.11. The van der Waals surface area contributed by atoms with Crippen LogP contribution in [0.1, 0.15) is 48.0 Å². The lowest BCUT2D eigenvalue weighted by Crippen LogP contribution is -2.42. The largest absolute Gasteiger partial charge is 0.273 e. The summed E-state index contributed by atoms with van der Waals surface area (Å²) < 4.78 is 27.6.